The molecular weight excluding hydrogens is 210 g/mol. The van der Waals surface area contributed by atoms with Gasteiger partial charge in [-0.15, -0.1) is 0 Å². The van der Waals surface area contributed by atoms with Crippen LogP contribution in [0.15, 0.2) is 24.3 Å². The normalized spacial score (nSPS) is 12.4. The van der Waals surface area contributed by atoms with E-state index < -0.39 is 0 Å². The fourth-order valence-corrected chi connectivity index (χ4v) is 1.93. The van der Waals surface area contributed by atoms with Gasteiger partial charge in [0.25, 0.3) is 0 Å². The van der Waals surface area contributed by atoms with Crippen molar-refractivity contribution >= 4 is 0 Å². The van der Waals surface area contributed by atoms with Gasteiger partial charge in [0.15, 0.2) is 0 Å². The Morgan fingerprint density at radius 3 is 2.71 bits per heavy atom. The van der Waals surface area contributed by atoms with E-state index in [2.05, 4.69) is 44.3 Å². The second kappa shape index (κ2) is 8.13. The standard InChI is InChI=1S/C15H25NO/c1-4-8-14(16-6-3)12-17-15-10-7-9-13(5-2)11-15/h7,9-11,14,16H,4-6,8,12H2,1-3H3. The Morgan fingerprint density at radius 2 is 2.06 bits per heavy atom. The van der Waals surface area contributed by atoms with Gasteiger partial charge in [-0.1, -0.05) is 39.3 Å². The molecule has 1 atom stereocenters. The summed E-state index contributed by atoms with van der Waals surface area (Å²) in [5.41, 5.74) is 1.33. The van der Waals surface area contributed by atoms with Crippen molar-refractivity contribution in [2.45, 2.75) is 46.1 Å². The first-order chi connectivity index (χ1) is 8.30. The lowest BCUT2D eigenvalue weighted by atomic mass is 10.1. The Bertz CT molecular complexity index is 306. The summed E-state index contributed by atoms with van der Waals surface area (Å²) in [7, 11) is 0. The molecule has 0 spiro atoms. The number of ether oxygens (including phenoxy) is 1. The quantitative estimate of drug-likeness (QED) is 0.745. The molecule has 0 saturated carbocycles. The van der Waals surface area contributed by atoms with E-state index in [0.29, 0.717) is 6.04 Å². The minimum atomic E-state index is 0.468. The summed E-state index contributed by atoms with van der Waals surface area (Å²) in [6, 6.07) is 8.84. The molecule has 0 fully saturated rings. The van der Waals surface area contributed by atoms with Gasteiger partial charge in [0.1, 0.15) is 12.4 Å². The summed E-state index contributed by atoms with van der Waals surface area (Å²) in [5.74, 6) is 0.989. The Hall–Kier alpha value is -1.02. The topological polar surface area (TPSA) is 21.3 Å². The SMILES string of the molecule is CCCC(COc1cccc(CC)c1)NCC. The average molecular weight is 235 g/mol. The van der Waals surface area contributed by atoms with E-state index in [1.165, 1.54) is 18.4 Å². The van der Waals surface area contributed by atoms with Gasteiger partial charge in [0, 0.05) is 6.04 Å². The Kier molecular flexibility index (Phi) is 6.71. The number of likely N-dealkylation sites (N-methyl/N-ethyl adjacent to an activating group) is 1. The van der Waals surface area contributed by atoms with E-state index in [-0.39, 0.29) is 0 Å². The molecule has 0 aromatic heterocycles. The van der Waals surface area contributed by atoms with Crippen LogP contribution in [0.4, 0.5) is 0 Å². The van der Waals surface area contributed by atoms with Crippen molar-refractivity contribution in [3.05, 3.63) is 29.8 Å². The van der Waals surface area contributed by atoms with Crippen LogP contribution in [0.5, 0.6) is 5.75 Å². The number of hydrogen-bond acceptors (Lipinski definition) is 2. The van der Waals surface area contributed by atoms with Gasteiger partial charge in [-0.3, -0.25) is 0 Å². The number of nitrogens with one attached hydrogen (secondary N) is 1. The average Bonchev–Trinajstić information content (AvgIpc) is 2.37. The minimum absolute atomic E-state index is 0.468. The molecule has 2 nitrogen and oxygen atoms in total. The fraction of sp³-hybridized carbons (Fsp3) is 0.600. The summed E-state index contributed by atoms with van der Waals surface area (Å²) in [6.45, 7) is 8.28. The van der Waals surface area contributed by atoms with Gasteiger partial charge in [-0.2, -0.15) is 0 Å². The van der Waals surface area contributed by atoms with Gasteiger partial charge in [-0.05, 0) is 37.1 Å². The summed E-state index contributed by atoms with van der Waals surface area (Å²) < 4.78 is 5.85. The zero-order valence-corrected chi connectivity index (χ0v) is 11.3. The molecule has 2 heteroatoms. The van der Waals surface area contributed by atoms with Crippen molar-refractivity contribution < 1.29 is 4.74 Å². The third-order valence-corrected chi connectivity index (χ3v) is 2.89. The van der Waals surface area contributed by atoms with Crippen LogP contribution in [0.3, 0.4) is 0 Å². The molecule has 17 heavy (non-hydrogen) atoms. The summed E-state index contributed by atoms with van der Waals surface area (Å²) in [6.07, 6.45) is 3.42. The second-order valence-corrected chi connectivity index (χ2v) is 4.36. The predicted molar refractivity (Wildman–Crippen MR) is 73.7 cm³/mol. The molecule has 0 amide bonds. The molecule has 0 saturated heterocycles. The van der Waals surface area contributed by atoms with Crippen molar-refractivity contribution in [2.75, 3.05) is 13.2 Å². The van der Waals surface area contributed by atoms with Crippen LogP contribution in [-0.2, 0) is 6.42 Å². The van der Waals surface area contributed by atoms with E-state index >= 15 is 0 Å². The molecule has 0 heterocycles. The lowest BCUT2D eigenvalue weighted by molar-refractivity contribution is 0.257. The first kappa shape index (κ1) is 14.0. The smallest absolute Gasteiger partial charge is 0.119 e. The molecule has 1 aromatic rings. The van der Waals surface area contributed by atoms with Crippen LogP contribution < -0.4 is 10.1 Å². The van der Waals surface area contributed by atoms with Crippen LogP contribution in [-0.4, -0.2) is 19.2 Å². The zero-order chi connectivity index (χ0) is 12.5. The minimum Gasteiger partial charge on any atom is -0.492 e. The van der Waals surface area contributed by atoms with E-state index in [0.717, 1.165) is 25.3 Å². The van der Waals surface area contributed by atoms with Crippen molar-refractivity contribution in [1.29, 1.82) is 0 Å². The fourth-order valence-electron chi connectivity index (χ4n) is 1.93. The van der Waals surface area contributed by atoms with Gasteiger partial charge in [-0.25, -0.2) is 0 Å². The van der Waals surface area contributed by atoms with Crippen molar-refractivity contribution in [1.82, 2.24) is 5.32 Å². The Morgan fingerprint density at radius 1 is 1.24 bits per heavy atom. The molecule has 0 aliphatic carbocycles. The van der Waals surface area contributed by atoms with E-state index in [9.17, 15) is 0 Å². The highest BCUT2D eigenvalue weighted by Gasteiger charge is 2.06. The summed E-state index contributed by atoms with van der Waals surface area (Å²) >= 11 is 0. The number of hydrogen-bond donors (Lipinski definition) is 1. The molecule has 1 N–H and O–H groups in total. The molecule has 0 aliphatic heterocycles. The Balaban J connectivity index is 2.46. The monoisotopic (exact) mass is 235 g/mol. The molecular formula is C15H25NO. The number of benzene rings is 1. The first-order valence-corrected chi connectivity index (χ1v) is 6.75. The van der Waals surface area contributed by atoms with E-state index in [1.807, 2.05) is 6.07 Å². The Labute approximate surface area is 105 Å². The predicted octanol–water partition coefficient (Wildman–Crippen LogP) is 3.41. The molecule has 0 bridgehead atoms. The lowest BCUT2D eigenvalue weighted by Crippen LogP contribution is -2.34. The van der Waals surface area contributed by atoms with Crippen LogP contribution in [0.1, 0.15) is 39.2 Å². The largest absolute Gasteiger partial charge is 0.492 e. The molecule has 1 unspecified atom stereocenters. The van der Waals surface area contributed by atoms with E-state index in [4.69, 9.17) is 4.74 Å². The second-order valence-electron chi connectivity index (χ2n) is 4.36. The summed E-state index contributed by atoms with van der Waals surface area (Å²) in [5, 5.41) is 3.46. The number of rotatable bonds is 8. The highest BCUT2D eigenvalue weighted by atomic mass is 16.5. The maximum absolute atomic E-state index is 5.85. The van der Waals surface area contributed by atoms with Crippen molar-refractivity contribution in [2.24, 2.45) is 0 Å². The van der Waals surface area contributed by atoms with Crippen LogP contribution >= 0.6 is 0 Å². The first-order valence-electron chi connectivity index (χ1n) is 6.75. The number of aryl methyl sites for hydroxylation is 1. The highest BCUT2D eigenvalue weighted by molar-refractivity contribution is 5.28. The highest BCUT2D eigenvalue weighted by Crippen LogP contribution is 2.14. The van der Waals surface area contributed by atoms with Gasteiger partial charge >= 0.3 is 0 Å². The maximum Gasteiger partial charge on any atom is 0.119 e. The van der Waals surface area contributed by atoms with Crippen molar-refractivity contribution in [3.63, 3.8) is 0 Å². The third-order valence-electron chi connectivity index (χ3n) is 2.89. The van der Waals surface area contributed by atoms with Gasteiger partial charge in [0.2, 0.25) is 0 Å². The summed E-state index contributed by atoms with van der Waals surface area (Å²) in [4.78, 5) is 0. The molecule has 96 valence electrons. The molecule has 0 aliphatic rings. The molecule has 0 radical (unpaired) electrons. The van der Waals surface area contributed by atoms with Gasteiger partial charge < -0.3 is 10.1 Å². The van der Waals surface area contributed by atoms with Crippen molar-refractivity contribution in [3.8, 4) is 5.75 Å². The van der Waals surface area contributed by atoms with Crippen LogP contribution in [0.25, 0.3) is 0 Å². The molecule has 1 aromatic carbocycles. The van der Waals surface area contributed by atoms with E-state index in [1.54, 1.807) is 0 Å². The maximum atomic E-state index is 5.85. The molecule has 1 rings (SSSR count). The third kappa shape index (κ3) is 5.22. The zero-order valence-electron chi connectivity index (χ0n) is 11.3. The van der Waals surface area contributed by atoms with Crippen LogP contribution in [0.2, 0.25) is 0 Å². The van der Waals surface area contributed by atoms with Gasteiger partial charge in [0.05, 0.1) is 0 Å². The lowest BCUT2D eigenvalue weighted by Gasteiger charge is -2.18. The van der Waals surface area contributed by atoms with Crippen LogP contribution in [0, 0.1) is 0 Å².